The number of halogens is 1. The minimum absolute atomic E-state index is 0.0318. The molecule has 0 radical (unpaired) electrons. The van der Waals surface area contributed by atoms with Gasteiger partial charge in [-0.3, -0.25) is 4.79 Å². The zero-order chi connectivity index (χ0) is 14.2. The predicted molar refractivity (Wildman–Crippen MR) is 79.1 cm³/mol. The zero-order valence-electron chi connectivity index (χ0n) is 11.4. The zero-order valence-corrected chi connectivity index (χ0v) is 13.0. The average Bonchev–Trinajstić information content (AvgIpc) is 2.25. The molecular weight excluding hydrogens is 308 g/mol. The lowest BCUT2D eigenvalue weighted by molar-refractivity contribution is -0.118. The van der Waals surface area contributed by atoms with E-state index < -0.39 is 0 Å². The Morgan fingerprint density at radius 1 is 1.53 bits per heavy atom. The number of anilines is 1. The fourth-order valence-electron chi connectivity index (χ4n) is 2.51. The first-order valence-corrected chi connectivity index (χ1v) is 7.10. The number of nitrogens with zero attached hydrogens (tertiary/aromatic N) is 1. The highest BCUT2D eigenvalue weighted by Gasteiger charge is 2.34. The lowest BCUT2D eigenvalue weighted by Gasteiger charge is -2.41. The van der Waals surface area contributed by atoms with E-state index in [1.165, 1.54) is 0 Å². The molecule has 1 aromatic rings. The standard InChI is InChI=1S/C14H19BrN2O2/c1-9-7-17(8-14(2,3)19-9)13(18)11-5-4-10(15)6-12(11)16/h4-6,9H,7-8,16H2,1-3H3. The van der Waals surface area contributed by atoms with Gasteiger partial charge in [0, 0.05) is 23.2 Å². The molecule has 1 saturated heterocycles. The molecule has 4 nitrogen and oxygen atoms in total. The maximum absolute atomic E-state index is 12.5. The van der Waals surface area contributed by atoms with Crippen molar-refractivity contribution in [2.45, 2.75) is 32.5 Å². The van der Waals surface area contributed by atoms with Gasteiger partial charge in [0.25, 0.3) is 5.91 Å². The molecule has 1 amide bonds. The van der Waals surface area contributed by atoms with Gasteiger partial charge in [-0.1, -0.05) is 15.9 Å². The Balaban J connectivity index is 2.24. The van der Waals surface area contributed by atoms with E-state index in [0.717, 1.165) is 4.47 Å². The molecule has 1 fully saturated rings. The van der Waals surface area contributed by atoms with Crippen LogP contribution in [0.15, 0.2) is 22.7 Å². The predicted octanol–water partition coefficient (Wildman–Crippen LogP) is 2.67. The van der Waals surface area contributed by atoms with Crippen LogP contribution < -0.4 is 5.73 Å². The summed E-state index contributed by atoms with van der Waals surface area (Å²) in [6, 6.07) is 5.34. The van der Waals surface area contributed by atoms with Crippen molar-refractivity contribution in [2.24, 2.45) is 0 Å². The molecule has 19 heavy (non-hydrogen) atoms. The highest BCUT2D eigenvalue weighted by atomic mass is 79.9. The van der Waals surface area contributed by atoms with E-state index in [0.29, 0.717) is 24.3 Å². The quantitative estimate of drug-likeness (QED) is 0.807. The third kappa shape index (κ3) is 3.28. The third-order valence-electron chi connectivity index (χ3n) is 3.10. The lowest BCUT2D eigenvalue weighted by atomic mass is 10.0. The summed E-state index contributed by atoms with van der Waals surface area (Å²) in [4.78, 5) is 14.4. The molecule has 0 saturated carbocycles. The van der Waals surface area contributed by atoms with E-state index >= 15 is 0 Å². The van der Waals surface area contributed by atoms with Crippen LogP contribution in [0, 0.1) is 0 Å². The summed E-state index contributed by atoms with van der Waals surface area (Å²) in [5.74, 6) is -0.0341. The van der Waals surface area contributed by atoms with E-state index in [-0.39, 0.29) is 17.6 Å². The highest BCUT2D eigenvalue weighted by molar-refractivity contribution is 9.10. The molecule has 104 valence electrons. The van der Waals surface area contributed by atoms with Crippen molar-refractivity contribution in [3.63, 3.8) is 0 Å². The SMILES string of the molecule is CC1CN(C(=O)c2ccc(Br)cc2N)CC(C)(C)O1. The molecule has 0 aromatic heterocycles. The number of carbonyl (C=O) groups excluding carboxylic acids is 1. The number of hydrogen-bond acceptors (Lipinski definition) is 3. The van der Waals surface area contributed by atoms with E-state index in [4.69, 9.17) is 10.5 Å². The third-order valence-corrected chi connectivity index (χ3v) is 3.59. The van der Waals surface area contributed by atoms with Crippen molar-refractivity contribution in [2.75, 3.05) is 18.8 Å². The molecular formula is C14H19BrN2O2. The van der Waals surface area contributed by atoms with Gasteiger partial charge in [-0.05, 0) is 39.0 Å². The Morgan fingerprint density at radius 2 is 2.21 bits per heavy atom. The fourth-order valence-corrected chi connectivity index (χ4v) is 2.89. The second-order valence-corrected chi connectivity index (χ2v) is 6.52. The average molecular weight is 327 g/mol. The summed E-state index contributed by atoms with van der Waals surface area (Å²) in [6.07, 6.45) is 0.0318. The summed E-state index contributed by atoms with van der Waals surface area (Å²) in [5.41, 5.74) is 6.65. The monoisotopic (exact) mass is 326 g/mol. The molecule has 0 aliphatic carbocycles. The summed E-state index contributed by atoms with van der Waals surface area (Å²) < 4.78 is 6.68. The van der Waals surface area contributed by atoms with Gasteiger partial charge in [0.05, 0.1) is 17.3 Å². The second kappa shape index (κ2) is 5.13. The summed E-state index contributed by atoms with van der Waals surface area (Å²) in [7, 11) is 0. The van der Waals surface area contributed by atoms with Crippen LogP contribution in [0.4, 0.5) is 5.69 Å². The van der Waals surface area contributed by atoms with Crippen LogP contribution in [0.25, 0.3) is 0 Å². The lowest BCUT2D eigenvalue weighted by Crippen LogP contribution is -2.53. The van der Waals surface area contributed by atoms with Gasteiger partial charge >= 0.3 is 0 Å². The van der Waals surface area contributed by atoms with Crippen LogP contribution in [-0.4, -0.2) is 35.6 Å². The van der Waals surface area contributed by atoms with Crippen LogP contribution >= 0.6 is 15.9 Å². The fraction of sp³-hybridized carbons (Fsp3) is 0.500. The first-order valence-electron chi connectivity index (χ1n) is 6.30. The molecule has 1 atom stereocenters. The Labute approximate surface area is 122 Å². The number of ether oxygens (including phenoxy) is 1. The smallest absolute Gasteiger partial charge is 0.256 e. The Morgan fingerprint density at radius 3 is 2.79 bits per heavy atom. The highest BCUT2D eigenvalue weighted by Crippen LogP contribution is 2.25. The van der Waals surface area contributed by atoms with Crippen LogP contribution in [0.3, 0.4) is 0 Å². The number of nitrogen functional groups attached to an aromatic ring is 1. The maximum atomic E-state index is 12.5. The molecule has 1 aromatic carbocycles. The van der Waals surface area contributed by atoms with Gasteiger partial charge in [-0.2, -0.15) is 0 Å². The number of hydrogen-bond donors (Lipinski definition) is 1. The van der Waals surface area contributed by atoms with Crippen molar-refractivity contribution in [3.8, 4) is 0 Å². The molecule has 0 spiro atoms. The number of carbonyl (C=O) groups is 1. The summed E-state index contributed by atoms with van der Waals surface area (Å²) in [5, 5.41) is 0. The van der Waals surface area contributed by atoms with Gasteiger partial charge in [-0.15, -0.1) is 0 Å². The van der Waals surface area contributed by atoms with Gasteiger partial charge < -0.3 is 15.4 Å². The first kappa shape index (κ1) is 14.3. The van der Waals surface area contributed by atoms with E-state index in [9.17, 15) is 4.79 Å². The van der Waals surface area contributed by atoms with E-state index in [2.05, 4.69) is 15.9 Å². The molecule has 2 N–H and O–H groups in total. The van der Waals surface area contributed by atoms with Gasteiger partial charge in [0.15, 0.2) is 0 Å². The second-order valence-electron chi connectivity index (χ2n) is 5.61. The normalized spacial score (nSPS) is 22.3. The van der Waals surface area contributed by atoms with Gasteiger partial charge in [0.1, 0.15) is 0 Å². The number of morpholine rings is 1. The number of amides is 1. The number of benzene rings is 1. The molecule has 1 aliphatic rings. The number of rotatable bonds is 1. The van der Waals surface area contributed by atoms with E-state index in [1.807, 2.05) is 31.7 Å². The summed E-state index contributed by atoms with van der Waals surface area (Å²) >= 11 is 3.34. The van der Waals surface area contributed by atoms with Crippen molar-refractivity contribution in [3.05, 3.63) is 28.2 Å². The van der Waals surface area contributed by atoms with Crippen molar-refractivity contribution < 1.29 is 9.53 Å². The molecule has 1 heterocycles. The minimum atomic E-state index is -0.322. The first-order chi connectivity index (χ1) is 8.78. The topological polar surface area (TPSA) is 55.6 Å². The van der Waals surface area contributed by atoms with Crippen LogP contribution in [0.2, 0.25) is 0 Å². The Bertz CT molecular complexity index is 502. The maximum Gasteiger partial charge on any atom is 0.256 e. The Kier molecular flexibility index (Phi) is 3.87. The minimum Gasteiger partial charge on any atom is -0.398 e. The van der Waals surface area contributed by atoms with Crippen molar-refractivity contribution >= 4 is 27.5 Å². The van der Waals surface area contributed by atoms with Crippen LogP contribution in [-0.2, 0) is 4.74 Å². The molecule has 0 bridgehead atoms. The number of nitrogens with two attached hydrogens (primary N) is 1. The van der Waals surface area contributed by atoms with E-state index in [1.54, 1.807) is 12.1 Å². The molecule has 2 rings (SSSR count). The van der Waals surface area contributed by atoms with Crippen molar-refractivity contribution in [1.82, 2.24) is 4.90 Å². The molecule has 1 aliphatic heterocycles. The van der Waals surface area contributed by atoms with Crippen LogP contribution in [0.5, 0.6) is 0 Å². The molecule has 1 unspecified atom stereocenters. The largest absolute Gasteiger partial charge is 0.398 e. The molecule has 5 heteroatoms. The van der Waals surface area contributed by atoms with Gasteiger partial charge in [0.2, 0.25) is 0 Å². The van der Waals surface area contributed by atoms with Crippen molar-refractivity contribution in [1.29, 1.82) is 0 Å². The van der Waals surface area contributed by atoms with Gasteiger partial charge in [-0.25, -0.2) is 0 Å². The Hall–Kier alpha value is -1.07. The summed E-state index contributed by atoms with van der Waals surface area (Å²) in [6.45, 7) is 7.14. The van der Waals surface area contributed by atoms with Crippen LogP contribution in [0.1, 0.15) is 31.1 Å².